The SMILES string of the molecule is CNc1cc(Br)cc(C(=O)NCc2c(C)cc(C)[nH]c2=O)c1C. The second-order valence-corrected chi connectivity index (χ2v) is 6.42. The van der Waals surface area contributed by atoms with E-state index in [4.69, 9.17) is 0 Å². The molecule has 0 bridgehead atoms. The molecule has 2 aromatic rings. The number of benzene rings is 1. The van der Waals surface area contributed by atoms with Gasteiger partial charge in [-0.3, -0.25) is 9.59 Å². The molecule has 0 atom stereocenters. The molecule has 0 saturated heterocycles. The zero-order valence-corrected chi connectivity index (χ0v) is 15.2. The molecule has 1 heterocycles. The highest BCUT2D eigenvalue weighted by molar-refractivity contribution is 9.10. The Labute approximate surface area is 143 Å². The van der Waals surface area contributed by atoms with Crippen LogP contribution in [0.5, 0.6) is 0 Å². The molecule has 0 fully saturated rings. The number of hydrogen-bond donors (Lipinski definition) is 3. The summed E-state index contributed by atoms with van der Waals surface area (Å²) in [6.07, 6.45) is 0. The van der Waals surface area contributed by atoms with E-state index in [1.165, 1.54) is 0 Å². The average Bonchev–Trinajstić information content (AvgIpc) is 2.47. The van der Waals surface area contributed by atoms with Crippen molar-refractivity contribution in [3.8, 4) is 0 Å². The topological polar surface area (TPSA) is 74.0 Å². The number of carbonyl (C=O) groups excluding carboxylic acids is 1. The van der Waals surface area contributed by atoms with Crippen LogP contribution in [-0.4, -0.2) is 17.9 Å². The number of aromatic amines is 1. The molecule has 1 amide bonds. The van der Waals surface area contributed by atoms with E-state index >= 15 is 0 Å². The Morgan fingerprint density at radius 1 is 1.22 bits per heavy atom. The first-order valence-electron chi connectivity index (χ1n) is 7.29. The number of aryl methyl sites for hydroxylation is 2. The average molecular weight is 378 g/mol. The number of aromatic nitrogens is 1. The van der Waals surface area contributed by atoms with Crippen LogP contribution in [0.4, 0.5) is 5.69 Å². The Morgan fingerprint density at radius 2 is 1.91 bits per heavy atom. The predicted molar refractivity (Wildman–Crippen MR) is 96.1 cm³/mol. The number of hydrogen-bond acceptors (Lipinski definition) is 3. The third-order valence-electron chi connectivity index (χ3n) is 3.81. The van der Waals surface area contributed by atoms with Crippen LogP contribution in [0.1, 0.15) is 32.7 Å². The summed E-state index contributed by atoms with van der Waals surface area (Å²) >= 11 is 3.41. The molecule has 0 aliphatic heterocycles. The van der Waals surface area contributed by atoms with Crippen LogP contribution in [0.25, 0.3) is 0 Å². The number of H-pyrrole nitrogens is 1. The fraction of sp³-hybridized carbons (Fsp3) is 0.294. The molecule has 0 spiro atoms. The van der Waals surface area contributed by atoms with Crippen molar-refractivity contribution < 1.29 is 4.79 Å². The van der Waals surface area contributed by atoms with Crippen molar-refractivity contribution in [1.29, 1.82) is 0 Å². The summed E-state index contributed by atoms with van der Waals surface area (Å²) in [6, 6.07) is 5.59. The Morgan fingerprint density at radius 3 is 2.52 bits per heavy atom. The van der Waals surface area contributed by atoms with Crippen LogP contribution < -0.4 is 16.2 Å². The maximum atomic E-state index is 12.5. The molecule has 6 heteroatoms. The largest absolute Gasteiger partial charge is 0.388 e. The van der Waals surface area contributed by atoms with Crippen molar-refractivity contribution in [2.24, 2.45) is 0 Å². The normalized spacial score (nSPS) is 10.5. The van der Waals surface area contributed by atoms with Gasteiger partial charge in [-0.05, 0) is 50.1 Å². The summed E-state index contributed by atoms with van der Waals surface area (Å²) < 4.78 is 0.821. The minimum Gasteiger partial charge on any atom is -0.388 e. The highest BCUT2D eigenvalue weighted by Gasteiger charge is 2.14. The molecular formula is C17H20BrN3O2. The van der Waals surface area contributed by atoms with Gasteiger partial charge in [0.25, 0.3) is 11.5 Å². The van der Waals surface area contributed by atoms with Crippen molar-refractivity contribution in [2.45, 2.75) is 27.3 Å². The Balaban J connectivity index is 2.24. The molecule has 0 radical (unpaired) electrons. The molecule has 0 saturated carbocycles. The molecular weight excluding hydrogens is 358 g/mol. The second-order valence-electron chi connectivity index (χ2n) is 5.50. The highest BCUT2D eigenvalue weighted by atomic mass is 79.9. The van der Waals surface area contributed by atoms with Gasteiger partial charge in [-0.1, -0.05) is 15.9 Å². The smallest absolute Gasteiger partial charge is 0.253 e. The third kappa shape index (κ3) is 3.82. The molecule has 0 aliphatic rings. The van der Waals surface area contributed by atoms with Crippen molar-refractivity contribution in [1.82, 2.24) is 10.3 Å². The molecule has 3 N–H and O–H groups in total. The van der Waals surface area contributed by atoms with E-state index < -0.39 is 0 Å². The van der Waals surface area contributed by atoms with E-state index in [0.717, 1.165) is 27.0 Å². The first kappa shape index (κ1) is 17.3. The van der Waals surface area contributed by atoms with Crippen LogP contribution >= 0.6 is 15.9 Å². The maximum absolute atomic E-state index is 12.5. The van der Waals surface area contributed by atoms with Crippen LogP contribution in [0.3, 0.4) is 0 Å². The van der Waals surface area contributed by atoms with Crippen molar-refractivity contribution in [2.75, 3.05) is 12.4 Å². The predicted octanol–water partition coefficient (Wildman–Crippen LogP) is 3.03. The van der Waals surface area contributed by atoms with Gasteiger partial charge in [-0.2, -0.15) is 0 Å². The summed E-state index contributed by atoms with van der Waals surface area (Å²) in [7, 11) is 1.81. The minimum absolute atomic E-state index is 0.162. The van der Waals surface area contributed by atoms with Crippen molar-refractivity contribution >= 4 is 27.5 Å². The number of pyridine rings is 1. The first-order chi connectivity index (χ1) is 10.8. The van der Waals surface area contributed by atoms with Gasteiger partial charge in [0.05, 0.1) is 0 Å². The number of halogens is 1. The Kier molecular flexibility index (Phi) is 5.26. The van der Waals surface area contributed by atoms with Gasteiger partial charge in [0.2, 0.25) is 0 Å². The molecule has 1 aromatic carbocycles. The van der Waals surface area contributed by atoms with E-state index in [2.05, 4.69) is 31.5 Å². The van der Waals surface area contributed by atoms with Crippen LogP contribution in [0.15, 0.2) is 27.5 Å². The standard InChI is InChI=1S/C17H20BrN3O2/c1-9-5-10(2)21-17(23)14(9)8-20-16(22)13-6-12(18)7-15(19-4)11(13)3/h5-7,19H,8H2,1-4H3,(H,20,22)(H,21,23). The third-order valence-corrected chi connectivity index (χ3v) is 4.26. The number of anilines is 1. The summed E-state index contributed by atoms with van der Waals surface area (Å²) in [4.78, 5) is 27.2. The van der Waals surface area contributed by atoms with Gasteiger partial charge < -0.3 is 15.6 Å². The van der Waals surface area contributed by atoms with E-state index in [1.807, 2.05) is 40.0 Å². The first-order valence-corrected chi connectivity index (χ1v) is 8.08. The molecule has 0 unspecified atom stereocenters. The van der Waals surface area contributed by atoms with E-state index in [-0.39, 0.29) is 18.0 Å². The Hall–Kier alpha value is -2.08. The second kappa shape index (κ2) is 7.00. The number of carbonyl (C=O) groups is 1. The summed E-state index contributed by atoms with van der Waals surface area (Å²) in [5.74, 6) is -0.209. The van der Waals surface area contributed by atoms with Gasteiger partial charge >= 0.3 is 0 Å². The van der Waals surface area contributed by atoms with Gasteiger partial charge in [-0.15, -0.1) is 0 Å². The highest BCUT2D eigenvalue weighted by Crippen LogP contribution is 2.24. The number of rotatable bonds is 4. The Bertz CT molecular complexity index is 812. The lowest BCUT2D eigenvalue weighted by Crippen LogP contribution is -2.28. The number of amides is 1. The number of nitrogens with one attached hydrogen (secondary N) is 3. The summed E-state index contributed by atoms with van der Waals surface area (Å²) in [5, 5.41) is 5.89. The van der Waals surface area contributed by atoms with Crippen LogP contribution in [-0.2, 0) is 6.54 Å². The lowest BCUT2D eigenvalue weighted by Gasteiger charge is -2.13. The molecule has 0 aliphatic carbocycles. The van der Waals surface area contributed by atoms with Crippen LogP contribution in [0, 0.1) is 20.8 Å². The van der Waals surface area contributed by atoms with Gasteiger partial charge in [0.15, 0.2) is 0 Å². The zero-order valence-electron chi connectivity index (χ0n) is 13.6. The summed E-state index contributed by atoms with van der Waals surface area (Å²) in [6.45, 7) is 5.78. The molecule has 2 rings (SSSR count). The molecule has 23 heavy (non-hydrogen) atoms. The van der Waals surface area contributed by atoms with Gasteiger partial charge in [0, 0.05) is 40.6 Å². The van der Waals surface area contributed by atoms with E-state index in [9.17, 15) is 9.59 Å². The zero-order chi connectivity index (χ0) is 17.1. The van der Waals surface area contributed by atoms with Crippen molar-refractivity contribution in [3.63, 3.8) is 0 Å². The van der Waals surface area contributed by atoms with E-state index in [1.54, 1.807) is 6.07 Å². The minimum atomic E-state index is -0.209. The monoisotopic (exact) mass is 377 g/mol. The van der Waals surface area contributed by atoms with Gasteiger partial charge in [-0.25, -0.2) is 0 Å². The molecule has 5 nitrogen and oxygen atoms in total. The molecule has 1 aromatic heterocycles. The fourth-order valence-electron chi connectivity index (χ4n) is 2.54. The molecule has 122 valence electrons. The van der Waals surface area contributed by atoms with Crippen molar-refractivity contribution in [3.05, 3.63) is 61.0 Å². The maximum Gasteiger partial charge on any atom is 0.253 e. The lowest BCUT2D eigenvalue weighted by atomic mass is 10.1. The quantitative estimate of drug-likeness (QED) is 0.766. The summed E-state index contributed by atoms with van der Waals surface area (Å²) in [5.41, 5.74) is 4.41. The van der Waals surface area contributed by atoms with Gasteiger partial charge in [0.1, 0.15) is 0 Å². The van der Waals surface area contributed by atoms with Crippen LogP contribution in [0.2, 0.25) is 0 Å². The fourth-order valence-corrected chi connectivity index (χ4v) is 3.00. The lowest BCUT2D eigenvalue weighted by molar-refractivity contribution is 0.0950. The van der Waals surface area contributed by atoms with E-state index in [0.29, 0.717) is 11.1 Å².